The predicted molar refractivity (Wildman–Crippen MR) is 140 cm³/mol. The molecule has 182 valence electrons. The Labute approximate surface area is 205 Å². The van der Waals surface area contributed by atoms with Gasteiger partial charge in [-0.15, -0.1) is 0 Å². The number of aromatic nitrogens is 1. The van der Waals surface area contributed by atoms with Crippen molar-refractivity contribution in [2.45, 2.75) is 20.3 Å². The number of hydrogen-bond acceptors (Lipinski definition) is 7. The fourth-order valence-electron chi connectivity index (χ4n) is 3.78. The molecule has 0 unspecified atom stereocenters. The Morgan fingerprint density at radius 2 is 1.68 bits per heavy atom. The van der Waals surface area contributed by atoms with Crippen LogP contribution in [0.4, 0.5) is 5.13 Å². The fourth-order valence-corrected chi connectivity index (χ4v) is 4.83. The number of rotatable bonds is 10. The number of carbonyl (C=O) groups excluding carboxylic acids is 1. The summed E-state index contributed by atoms with van der Waals surface area (Å²) in [6.45, 7) is 5.60. The summed E-state index contributed by atoms with van der Waals surface area (Å²) < 4.78 is 17.3. The van der Waals surface area contributed by atoms with E-state index < -0.39 is 0 Å². The first-order valence-electron chi connectivity index (χ1n) is 11.1. The fraction of sp³-hybridized carbons (Fsp3) is 0.385. The van der Waals surface area contributed by atoms with Crippen molar-refractivity contribution >= 4 is 38.7 Å². The maximum atomic E-state index is 13.4. The summed E-state index contributed by atoms with van der Waals surface area (Å²) in [7, 11) is 8.76. The summed E-state index contributed by atoms with van der Waals surface area (Å²) >= 11 is 1.56. The predicted octanol–water partition coefficient (Wildman–Crippen LogP) is 4.94. The molecule has 34 heavy (non-hydrogen) atoms. The van der Waals surface area contributed by atoms with Gasteiger partial charge < -0.3 is 19.1 Å². The Hall–Kier alpha value is -3.10. The zero-order valence-electron chi connectivity index (χ0n) is 21.0. The van der Waals surface area contributed by atoms with E-state index >= 15 is 0 Å². The number of carbonyl (C=O) groups is 1. The minimum atomic E-state index is -0.124. The van der Waals surface area contributed by atoms with E-state index in [1.54, 1.807) is 49.7 Å². The third kappa shape index (κ3) is 5.87. The molecule has 1 heterocycles. The number of aryl methyl sites for hydroxylation is 2. The highest BCUT2D eigenvalue weighted by Crippen LogP contribution is 2.38. The zero-order valence-corrected chi connectivity index (χ0v) is 21.8. The molecule has 2 aromatic carbocycles. The van der Waals surface area contributed by atoms with E-state index in [0.717, 1.165) is 34.3 Å². The number of anilines is 1. The summed E-state index contributed by atoms with van der Waals surface area (Å²) in [4.78, 5) is 22.0. The first kappa shape index (κ1) is 25.5. The van der Waals surface area contributed by atoms with E-state index in [9.17, 15) is 4.79 Å². The lowest BCUT2D eigenvalue weighted by Gasteiger charge is -2.19. The van der Waals surface area contributed by atoms with Crippen molar-refractivity contribution in [3.05, 3.63) is 47.0 Å². The van der Waals surface area contributed by atoms with Gasteiger partial charge in [-0.3, -0.25) is 9.69 Å². The van der Waals surface area contributed by atoms with Crippen LogP contribution in [0.3, 0.4) is 0 Å². The van der Waals surface area contributed by atoms with E-state index in [4.69, 9.17) is 19.2 Å². The van der Waals surface area contributed by atoms with E-state index in [0.29, 0.717) is 28.9 Å². The molecule has 0 spiro atoms. The average Bonchev–Trinajstić information content (AvgIpc) is 3.23. The number of thiazole rings is 1. The van der Waals surface area contributed by atoms with Crippen molar-refractivity contribution in [2.75, 3.05) is 53.4 Å². The van der Waals surface area contributed by atoms with Gasteiger partial charge in [-0.1, -0.05) is 17.4 Å². The lowest BCUT2D eigenvalue weighted by Crippen LogP contribution is -2.32. The normalized spacial score (nSPS) is 11.4. The zero-order chi connectivity index (χ0) is 24.8. The molecule has 0 aliphatic heterocycles. The molecule has 0 saturated heterocycles. The van der Waals surface area contributed by atoms with Gasteiger partial charge in [-0.25, -0.2) is 4.98 Å². The largest absolute Gasteiger partial charge is 0.493 e. The van der Waals surface area contributed by atoms with Crippen LogP contribution in [0.15, 0.2) is 30.3 Å². The van der Waals surface area contributed by atoms with Gasteiger partial charge in [-0.2, -0.15) is 0 Å². The van der Waals surface area contributed by atoms with E-state index in [-0.39, 0.29) is 5.91 Å². The molecular formula is C26H33N3O4S. The topological polar surface area (TPSA) is 64.1 Å². The standard InChI is InChI=1S/C26H33N3O4S/c1-17-13-18(2)25-20(14-17)27-26(34-25)29(12-8-11-28(3)4)23(30)10-9-19-15-21(31-5)24(33-7)22(16-19)32-6/h9-10,13-16H,8,11-12H2,1-7H3/b10-9+. The number of amides is 1. The molecule has 1 aromatic heterocycles. The minimum Gasteiger partial charge on any atom is -0.493 e. The number of benzene rings is 2. The minimum absolute atomic E-state index is 0.124. The number of methoxy groups -OCH3 is 3. The molecule has 0 fully saturated rings. The Kier molecular flexibility index (Phi) is 8.52. The van der Waals surface area contributed by atoms with Crippen molar-refractivity contribution in [3.8, 4) is 17.2 Å². The second-order valence-corrected chi connectivity index (χ2v) is 9.34. The molecule has 7 nitrogen and oxygen atoms in total. The van der Waals surface area contributed by atoms with Crippen molar-refractivity contribution in [1.29, 1.82) is 0 Å². The quantitative estimate of drug-likeness (QED) is 0.381. The Morgan fingerprint density at radius 1 is 1.00 bits per heavy atom. The van der Waals surface area contributed by atoms with Gasteiger partial charge >= 0.3 is 0 Å². The molecule has 0 radical (unpaired) electrons. The highest BCUT2D eigenvalue weighted by atomic mass is 32.1. The summed E-state index contributed by atoms with van der Waals surface area (Å²) in [6, 6.07) is 7.83. The highest BCUT2D eigenvalue weighted by molar-refractivity contribution is 7.22. The third-order valence-electron chi connectivity index (χ3n) is 5.40. The first-order chi connectivity index (χ1) is 16.3. The van der Waals surface area contributed by atoms with Crippen molar-refractivity contribution < 1.29 is 19.0 Å². The third-order valence-corrected chi connectivity index (χ3v) is 6.63. The number of fused-ring (bicyclic) bond motifs is 1. The molecule has 0 atom stereocenters. The van der Waals surface area contributed by atoms with Crippen LogP contribution in [0.25, 0.3) is 16.3 Å². The van der Waals surface area contributed by atoms with Crippen LogP contribution in [-0.4, -0.2) is 64.3 Å². The van der Waals surface area contributed by atoms with E-state index in [1.807, 2.05) is 26.2 Å². The van der Waals surface area contributed by atoms with Crippen LogP contribution in [-0.2, 0) is 4.79 Å². The maximum absolute atomic E-state index is 13.4. The molecular weight excluding hydrogens is 450 g/mol. The van der Waals surface area contributed by atoms with Crippen LogP contribution in [0.5, 0.6) is 17.2 Å². The van der Waals surface area contributed by atoms with E-state index in [1.165, 1.54) is 5.56 Å². The van der Waals surface area contributed by atoms with Gasteiger partial charge in [0.1, 0.15) is 0 Å². The SMILES string of the molecule is COc1cc(/C=C/C(=O)N(CCCN(C)C)c2nc3cc(C)cc(C)c3s2)cc(OC)c1OC. The van der Waals surface area contributed by atoms with Crippen LogP contribution >= 0.6 is 11.3 Å². The lowest BCUT2D eigenvalue weighted by atomic mass is 10.1. The Morgan fingerprint density at radius 3 is 2.26 bits per heavy atom. The average molecular weight is 484 g/mol. The second kappa shape index (κ2) is 11.4. The summed E-state index contributed by atoms with van der Waals surface area (Å²) in [5.41, 5.74) is 4.03. The molecule has 0 aliphatic carbocycles. The van der Waals surface area contributed by atoms with Crippen LogP contribution in [0, 0.1) is 13.8 Å². The van der Waals surface area contributed by atoms with Crippen LogP contribution in [0.2, 0.25) is 0 Å². The molecule has 8 heteroatoms. The van der Waals surface area contributed by atoms with Crippen molar-refractivity contribution in [3.63, 3.8) is 0 Å². The lowest BCUT2D eigenvalue weighted by molar-refractivity contribution is -0.114. The van der Waals surface area contributed by atoms with Gasteiger partial charge in [0.2, 0.25) is 5.75 Å². The van der Waals surface area contributed by atoms with Gasteiger partial charge in [0.25, 0.3) is 5.91 Å². The van der Waals surface area contributed by atoms with Crippen molar-refractivity contribution in [1.82, 2.24) is 9.88 Å². The van der Waals surface area contributed by atoms with E-state index in [2.05, 4.69) is 30.9 Å². The molecule has 1 amide bonds. The van der Waals surface area contributed by atoms with Crippen LogP contribution < -0.4 is 19.1 Å². The maximum Gasteiger partial charge on any atom is 0.252 e. The molecule has 0 aliphatic rings. The summed E-state index contributed by atoms with van der Waals surface area (Å²) in [6.07, 6.45) is 4.17. The Balaban J connectivity index is 1.93. The smallest absolute Gasteiger partial charge is 0.252 e. The molecule has 3 aromatic rings. The molecule has 3 rings (SSSR count). The summed E-state index contributed by atoms with van der Waals surface area (Å²) in [5.74, 6) is 1.46. The van der Waals surface area contributed by atoms with Gasteiger partial charge in [-0.05, 0) is 81.9 Å². The van der Waals surface area contributed by atoms with Gasteiger partial charge in [0.15, 0.2) is 16.6 Å². The van der Waals surface area contributed by atoms with Gasteiger partial charge in [0, 0.05) is 12.6 Å². The first-order valence-corrected chi connectivity index (χ1v) is 11.9. The second-order valence-electron chi connectivity index (χ2n) is 8.37. The Bertz CT molecular complexity index is 1160. The van der Waals surface area contributed by atoms with Gasteiger partial charge in [0.05, 0.1) is 31.5 Å². The number of ether oxygens (including phenoxy) is 3. The highest BCUT2D eigenvalue weighted by Gasteiger charge is 2.19. The van der Waals surface area contributed by atoms with Crippen LogP contribution in [0.1, 0.15) is 23.1 Å². The molecule has 0 saturated carbocycles. The number of nitrogens with zero attached hydrogens (tertiary/aromatic N) is 3. The summed E-state index contributed by atoms with van der Waals surface area (Å²) in [5, 5.41) is 0.710. The molecule has 0 bridgehead atoms. The molecule has 0 N–H and O–H groups in total. The van der Waals surface area contributed by atoms with Crippen molar-refractivity contribution in [2.24, 2.45) is 0 Å². The monoisotopic (exact) mass is 483 g/mol. The number of hydrogen-bond donors (Lipinski definition) is 0.